The number of nitrogens with two attached hydrogens (primary N) is 1. The van der Waals surface area contributed by atoms with Crippen LogP contribution in [0.15, 0.2) is 27.6 Å². The summed E-state index contributed by atoms with van der Waals surface area (Å²) in [6.45, 7) is 1.28. The van der Waals surface area contributed by atoms with Gasteiger partial charge in [-0.2, -0.15) is 0 Å². The molecule has 0 saturated carbocycles. The lowest BCUT2D eigenvalue weighted by molar-refractivity contribution is 0.0697. The van der Waals surface area contributed by atoms with E-state index in [1.165, 1.54) is 18.2 Å². The van der Waals surface area contributed by atoms with E-state index in [1.54, 1.807) is 4.90 Å². The highest BCUT2D eigenvalue weighted by Gasteiger charge is 2.25. The smallest absolute Gasteiger partial charge is 0.255 e. The summed E-state index contributed by atoms with van der Waals surface area (Å²) in [5.41, 5.74) is 0.318. The van der Waals surface area contributed by atoms with Crippen molar-refractivity contribution in [2.45, 2.75) is 23.8 Å². The minimum atomic E-state index is -3.83. The summed E-state index contributed by atoms with van der Waals surface area (Å²) in [5, 5.41) is 8.29. The van der Waals surface area contributed by atoms with Crippen LogP contribution in [0.1, 0.15) is 23.2 Å². The number of primary sulfonamides is 1. The fraction of sp³-hybridized carbons (Fsp3) is 0.462. The van der Waals surface area contributed by atoms with E-state index in [1.807, 2.05) is 7.05 Å². The average Bonchev–Trinajstić information content (AvgIpc) is 2.46. The Balaban J connectivity index is 2.30. The number of piperidine rings is 1. The first-order valence-corrected chi connectivity index (χ1v) is 8.95. The Kier molecular flexibility index (Phi) is 5.03. The number of likely N-dealkylation sites (tertiary alicyclic amines) is 1. The number of amides is 1. The van der Waals surface area contributed by atoms with Crippen molar-refractivity contribution < 1.29 is 13.2 Å². The Morgan fingerprint density at radius 3 is 2.81 bits per heavy atom. The van der Waals surface area contributed by atoms with E-state index < -0.39 is 10.0 Å². The summed E-state index contributed by atoms with van der Waals surface area (Å²) in [6, 6.07) is 4.50. The van der Waals surface area contributed by atoms with Gasteiger partial charge in [0.05, 0.1) is 10.5 Å². The van der Waals surface area contributed by atoms with Crippen LogP contribution >= 0.6 is 15.9 Å². The number of carbonyl (C=O) groups excluding carboxylic acids is 1. The summed E-state index contributed by atoms with van der Waals surface area (Å²) in [7, 11) is -1.95. The number of rotatable bonds is 3. The van der Waals surface area contributed by atoms with Crippen LogP contribution in [0.5, 0.6) is 0 Å². The second kappa shape index (κ2) is 6.43. The predicted molar refractivity (Wildman–Crippen MR) is 83.5 cm³/mol. The molecule has 1 atom stereocenters. The summed E-state index contributed by atoms with van der Waals surface area (Å²) >= 11 is 3.30. The first kappa shape index (κ1) is 16.4. The molecule has 2 rings (SSSR count). The molecular formula is C13H18BrN3O3S. The molecule has 1 heterocycles. The molecule has 1 aliphatic heterocycles. The molecular weight excluding hydrogens is 358 g/mol. The molecule has 0 bridgehead atoms. The van der Waals surface area contributed by atoms with Crippen LogP contribution in [-0.4, -0.2) is 45.4 Å². The normalized spacial score (nSPS) is 19.6. The molecule has 0 radical (unpaired) electrons. The molecule has 0 unspecified atom stereocenters. The Hall–Kier alpha value is -0.960. The Bertz CT molecular complexity index is 648. The van der Waals surface area contributed by atoms with Crippen molar-refractivity contribution in [2.24, 2.45) is 5.14 Å². The third-order valence-corrected chi connectivity index (χ3v) is 5.22. The molecule has 0 aromatic heterocycles. The molecule has 1 saturated heterocycles. The van der Waals surface area contributed by atoms with Gasteiger partial charge < -0.3 is 10.2 Å². The maximum Gasteiger partial charge on any atom is 0.255 e. The minimum absolute atomic E-state index is 0.0591. The standard InChI is InChI=1S/C13H18BrN3O3S/c1-16-9-3-2-6-17(8-9)13(18)11-7-10(21(15,19)20)4-5-12(11)14/h4-5,7,9,16H,2-3,6,8H2,1H3,(H2,15,19,20)/t9-/m0/s1. The van der Waals surface area contributed by atoms with Crippen LogP contribution in [0.2, 0.25) is 0 Å². The predicted octanol–water partition coefficient (Wildman–Crippen LogP) is 0.921. The van der Waals surface area contributed by atoms with E-state index in [0.717, 1.165) is 12.8 Å². The fourth-order valence-electron chi connectivity index (χ4n) is 2.41. The van der Waals surface area contributed by atoms with E-state index in [-0.39, 0.29) is 16.8 Å². The number of sulfonamides is 1. The van der Waals surface area contributed by atoms with Gasteiger partial charge >= 0.3 is 0 Å². The van der Waals surface area contributed by atoms with Crippen molar-refractivity contribution in [1.29, 1.82) is 0 Å². The number of benzene rings is 1. The van der Waals surface area contributed by atoms with Gasteiger partial charge in [-0.05, 0) is 54.0 Å². The van der Waals surface area contributed by atoms with Gasteiger partial charge in [0.15, 0.2) is 0 Å². The van der Waals surface area contributed by atoms with Gasteiger partial charge in [-0.1, -0.05) is 0 Å². The van der Waals surface area contributed by atoms with Gasteiger partial charge in [-0.15, -0.1) is 0 Å². The van der Waals surface area contributed by atoms with E-state index in [0.29, 0.717) is 23.1 Å². The van der Waals surface area contributed by atoms with Crippen LogP contribution in [0.4, 0.5) is 0 Å². The molecule has 1 amide bonds. The van der Waals surface area contributed by atoms with Gasteiger partial charge in [0.25, 0.3) is 5.91 Å². The van der Waals surface area contributed by atoms with Crippen molar-refractivity contribution in [3.8, 4) is 0 Å². The number of hydrogen-bond donors (Lipinski definition) is 2. The van der Waals surface area contributed by atoms with E-state index in [2.05, 4.69) is 21.2 Å². The summed E-state index contributed by atoms with van der Waals surface area (Å²) in [6.07, 6.45) is 1.95. The SMILES string of the molecule is CN[C@H]1CCCN(C(=O)c2cc(S(N)(=O)=O)ccc2Br)C1. The van der Waals surface area contributed by atoms with Gasteiger partial charge in [-0.3, -0.25) is 4.79 Å². The largest absolute Gasteiger partial charge is 0.337 e. The lowest BCUT2D eigenvalue weighted by Gasteiger charge is -2.32. The molecule has 21 heavy (non-hydrogen) atoms. The van der Waals surface area contributed by atoms with Gasteiger partial charge in [0, 0.05) is 23.6 Å². The van der Waals surface area contributed by atoms with E-state index in [4.69, 9.17) is 5.14 Å². The molecule has 6 nitrogen and oxygen atoms in total. The third-order valence-electron chi connectivity index (χ3n) is 3.61. The van der Waals surface area contributed by atoms with Crippen molar-refractivity contribution in [3.63, 3.8) is 0 Å². The van der Waals surface area contributed by atoms with Crippen LogP contribution < -0.4 is 10.5 Å². The molecule has 8 heteroatoms. The van der Waals surface area contributed by atoms with Gasteiger partial charge in [0.2, 0.25) is 10.0 Å². The summed E-state index contributed by atoms with van der Waals surface area (Å²) in [4.78, 5) is 14.3. The van der Waals surface area contributed by atoms with Crippen molar-refractivity contribution in [2.75, 3.05) is 20.1 Å². The lowest BCUT2D eigenvalue weighted by Crippen LogP contribution is -2.47. The van der Waals surface area contributed by atoms with Crippen molar-refractivity contribution >= 4 is 31.9 Å². The van der Waals surface area contributed by atoms with Crippen LogP contribution in [-0.2, 0) is 10.0 Å². The molecule has 3 N–H and O–H groups in total. The van der Waals surface area contributed by atoms with E-state index in [9.17, 15) is 13.2 Å². The maximum atomic E-state index is 12.6. The van der Waals surface area contributed by atoms with Gasteiger partial charge in [-0.25, -0.2) is 13.6 Å². The van der Waals surface area contributed by atoms with Gasteiger partial charge in [0.1, 0.15) is 0 Å². The Morgan fingerprint density at radius 1 is 1.48 bits per heavy atom. The molecule has 1 aliphatic rings. The highest BCUT2D eigenvalue weighted by Crippen LogP contribution is 2.23. The monoisotopic (exact) mass is 375 g/mol. The van der Waals surface area contributed by atoms with E-state index >= 15 is 0 Å². The quantitative estimate of drug-likeness (QED) is 0.821. The zero-order valence-electron chi connectivity index (χ0n) is 11.7. The number of nitrogens with zero attached hydrogens (tertiary/aromatic N) is 1. The average molecular weight is 376 g/mol. The Morgan fingerprint density at radius 2 is 2.19 bits per heavy atom. The van der Waals surface area contributed by atoms with Crippen LogP contribution in [0.3, 0.4) is 0 Å². The number of hydrogen-bond acceptors (Lipinski definition) is 4. The maximum absolute atomic E-state index is 12.6. The summed E-state index contributed by atoms with van der Waals surface area (Å²) < 4.78 is 23.4. The van der Waals surface area contributed by atoms with Crippen molar-refractivity contribution in [1.82, 2.24) is 10.2 Å². The van der Waals surface area contributed by atoms with Crippen LogP contribution in [0.25, 0.3) is 0 Å². The van der Waals surface area contributed by atoms with Crippen molar-refractivity contribution in [3.05, 3.63) is 28.2 Å². The minimum Gasteiger partial charge on any atom is -0.337 e. The highest BCUT2D eigenvalue weighted by atomic mass is 79.9. The fourth-order valence-corrected chi connectivity index (χ4v) is 3.37. The Labute approximate surface area is 132 Å². The molecule has 1 aromatic carbocycles. The molecule has 1 fully saturated rings. The topological polar surface area (TPSA) is 92.5 Å². The molecule has 0 aliphatic carbocycles. The molecule has 116 valence electrons. The van der Waals surface area contributed by atoms with Crippen LogP contribution in [0, 0.1) is 0 Å². The number of nitrogens with one attached hydrogen (secondary N) is 1. The zero-order valence-corrected chi connectivity index (χ0v) is 14.1. The number of halogens is 1. The summed E-state index contributed by atoms with van der Waals surface area (Å²) in [5.74, 6) is -0.188. The second-order valence-corrected chi connectivity index (χ2v) is 7.48. The number of likely N-dealkylation sites (N-methyl/N-ethyl adjacent to an activating group) is 1. The number of carbonyl (C=O) groups is 1. The highest BCUT2D eigenvalue weighted by molar-refractivity contribution is 9.10. The first-order chi connectivity index (χ1) is 9.82. The zero-order chi connectivity index (χ0) is 15.6. The second-order valence-electron chi connectivity index (χ2n) is 5.07. The first-order valence-electron chi connectivity index (χ1n) is 6.62. The molecule has 1 aromatic rings. The third kappa shape index (κ3) is 3.82. The molecule has 0 spiro atoms. The lowest BCUT2D eigenvalue weighted by atomic mass is 10.0.